The Balaban J connectivity index is 1.39. The van der Waals surface area contributed by atoms with Crippen molar-refractivity contribution in [2.75, 3.05) is 6.61 Å². The third kappa shape index (κ3) is 7.73. The minimum absolute atomic E-state index is 0.0236. The Morgan fingerprint density at radius 2 is 1.68 bits per heavy atom. The predicted octanol–water partition coefficient (Wildman–Crippen LogP) is 10.2. The fraction of sp³-hybridized carbons (Fsp3) is 0.947. The van der Waals surface area contributed by atoms with Gasteiger partial charge in [0, 0.05) is 17.5 Å². The van der Waals surface area contributed by atoms with E-state index in [0.29, 0.717) is 17.9 Å². The Kier molecular flexibility index (Phi) is 11.4. The number of carboxylic acid groups (broad SMARTS) is 1. The Labute approximate surface area is 270 Å². The zero-order valence-electron chi connectivity index (χ0n) is 29.7. The largest absolute Gasteiger partial charge is 0.465 e. The Bertz CT molecular complexity index is 982. The molecule has 4 aliphatic carbocycles. The van der Waals surface area contributed by atoms with Crippen molar-refractivity contribution in [3.8, 4) is 0 Å². The number of alkyl carbamates (subject to hydrolysis) is 1. The summed E-state index contributed by atoms with van der Waals surface area (Å²) in [4.78, 5) is 25.3. The molecule has 0 aliphatic heterocycles. The molecule has 0 aromatic rings. The number of ether oxygens (including phenoxy) is 1. The molecule has 0 saturated heterocycles. The van der Waals surface area contributed by atoms with Gasteiger partial charge in [0.25, 0.3) is 0 Å². The molecule has 0 aromatic carbocycles. The highest BCUT2D eigenvalue weighted by Gasteiger charge is 2.57. The average molecular weight is 617 g/mol. The van der Waals surface area contributed by atoms with Gasteiger partial charge in [-0.2, -0.15) is 0 Å². The van der Waals surface area contributed by atoms with E-state index in [9.17, 15) is 14.7 Å². The molecule has 4 rings (SSSR count). The van der Waals surface area contributed by atoms with E-state index in [4.69, 9.17) is 4.74 Å². The Hall–Kier alpha value is -1.46. The molecule has 4 aliphatic rings. The van der Waals surface area contributed by atoms with Crippen LogP contribution in [0.15, 0.2) is 0 Å². The van der Waals surface area contributed by atoms with Gasteiger partial charge in [-0.15, -0.1) is 0 Å². The van der Waals surface area contributed by atoms with Crippen LogP contribution in [0.25, 0.3) is 0 Å². The normalized spacial score (nSPS) is 39.1. The van der Waals surface area contributed by atoms with E-state index in [1.807, 2.05) is 0 Å². The first kappa shape index (κ1) is 35.4. The fourth-order valence-corrected chi connectivity index (χ4v) is 10.9. The van der Waals surface area contributed by atoms with Crippen LogP contribution in [0.3, 0.4) is 0 Å². The Morgan fingerprint density at radius 1 is 0.932 bits per heavy atom. The maximum Gasteiger partial charge on any atom is 0.407 e. The SMILES string of the molecule is CCCCCCC(NC(=O)O)C1(C)CCC(C)(C)C(NC(=O)OCC2(C)CCCC3(C)C4CCC(C(C)C)CC4CCC23)C1. The van der Waals surface area contributed by atoms with Crippen molar-refractivity contribution in [3.05, 3.63) is 0 Å². The highest BCUT2D eigenvalue weighted by Crippen LogP contribution is 2.64. The molecule has 6 heteroatoms. The smallest absolute Gasteiger partial charge is 0.407 e. The molecule has 0 radical (unpaired) electrons. The molecule has 0 spiro atoms. The maximum atomic E-state index is 13.5. The van der Waals surface area contributed by atoms with Gasteiger partial charge in [0.1, 0.15) is 0 Å². The van der Waals surface area contributed by atoms with Gasteiger partial charge in [-0.3, -0.25) is 0 Å². The minimum atomic E-state index is -0.949. The summed E-state index contributed by atoms with van der Waals surface area (Å²) in [5.74, 6) is 3.98. The number of unbranched alkanes of at least 4 members (excludes halogenated alkanes) is 3. The average Bonchev–Trinajstić information content (AvgIpc) is 2.95. The molecule has 6 nitrogen and oxygen atoms in total. The number of carbonyl (C=O) groups excluding carboxylic acids is 1. The van der Waals surface area contributed by atoms with E-state index >= 15 is 0 Å². The summed E-state index contributed by atoms with van der Waals surface area (Å²) >= 11 is 0. The number of hydrogen-bond acceptors (Lipinski definition) is 3. The second kappa shape index (κ2) is 14.1. The summed E-state index contributed by atoms with van der Waals surface area (Å²) < 4.78 is 6.18. The van der Waals surface area contributed by atoms with Gasteiger partial charge >= 0.3 is 12.2 Å². The molecule has 4 fully saturated rings. The number of fused-ring (bicyclic) bond motifs is 3. The molecular weight excluding hydrogens is 548 g/mol. The third-order valence-corrected chi connectivity index (χ3v) is 14.0. The summed E-state index contributed by atoms with van der Waals surface area (Å²) in [6.07, 6.45) is 17.2. The van der Waals surface area contributed by atoms with Crippen LogP contribution in [0.5, 0.6) is 0 Å². The van der Waals surface area contributed by atoms with Crippen LogP contribution >= 0.6 is 0 Å². The van der Waals surface area contributed by atoms with E-state index in [0.717, 1.165) is 75.0 Å². The molecular formula is C38H68N2O4. The van der Waals surface area contributed by atoms with Crippen molar-refractivity contribution in [3.63, 3.8) is 0 Å². The highest BCUT2D eigenvalue weighted by atomic mass is 16.5. The number of hydrogen-bond donors (Lipinski definition) is 3. The van der Waals surface area contributed by atoms with E-state index in [-0.39, 0.29) is 34.4 Å². The molecule has 2 amide bonds. The first-order chi connectivity index (χ1) is 20.6. The molecule has 9 atom stereocenters. The Morgan fingerprint density at radius 3 is 2.36 bits per heavy atom. The molecule has 254 valence electrons. The monoisotopic (exact) mass is 617 g/mol. The van der Waals surface area contributed by atoms with Crippen molar-refractivity contribution in [2.45, 2.75) is 170 Å². The zero-order chi connectivity index (χ0) is 32.3. The van der Waals surface area contributed by atoms with Crippen molar-refractivity contribution in [1.29, 1.82) is 0 Å². The number of carbonyl (C=O) groups is 2. The van der Waals surface area contributed by atoms with Crippen LogP contribution in [0, 0.1) is 51.2 Å². The number of rotatable bonds is 11. The number of nitrogens with one attached hydrogen (secondary N) is 2. The summed E-state index contributed by atoms with van der Waals surface area (Å²) in [5, 5.41) is 15.8. The first-order valence-electron chi connectivity index (χ1n) is 18.6. The molecule has 0 bridgehead atoms. The topological polar surface area (TPSA) is 87.7 Å². The molecule has 3 N–H and O–H groups in total. The lowest BCUT2D eigenvalue weighted by atomic mass is 9.44. The van der Waals surface area contributed by atoms with Gasteiger partial charge in [-0.05, 0) is 116 Å². The van der Waals surface area contributed by atoms with E-state index in [1.54, 1.807) is 0 Å². The fourth-order valence-electron chi connectivity index (χ4n) is 10.9. The highest BCUT2D eigenvalue weighted by molar-refractivity contribution is 5.68. The lowest BCUT2D eigenvalue weighted by molar-refractivity contribution is -0.136. The minimum Gasteiger partial charge on any atom is -0.465 e. The van der Waals surface area contributed by atoms with Gasteiger partial charge in [-0.1, -0.05) is 87.5 Å². The zero-order valence-corrected chi connectivity index (χ0v) is 29.7. The van der Waals surface area contributed by atoms with Crippen LogP contribution in [0.2, 0.25) is 0 Å². The molecule has 0 aromatic heterocycles. The van der Waals surface area contributed by atoms with E-state index in [2.05, 4.69) is 66.0 Å². The quantitative estimate of drug-likeness (QED) is 0.202. The molecule has 9 unspecified atom stereocenters. The molecule has 44 heavy (non-hydrogen) atoms. The van der Waals surface area contributed by atoms with Gasteiger partial charge in [0.15, 0.2) is 0 Å². The second-order valence-electron chi connectivity index (χ2n) is 17.8. The lowest BCUT2D eigenvalue weighted by Gasteiger charge is -2.61. The summed E-state index contributed by atoms with van der Waals surface area (Å²) in [6.45, 7) is 19.2. The predicted molar refractivity (Wildman–Crippen MR) is 180 cm³/mol. The van der Waals surface area contributed by atoms with Crippen LogP contribution < -0.4 is 10.6 Å². The van der Waals surface area contributed by atoms with Gasteiger partial charge in [-0.25, -0.2) is 9.59 Å². The standard InChI is InChI=1S/C38H68N2O4/c1-9-10-11-12-14-31(39-33(41)42)36(6)22-21-35(4,5)32(24-36)40-34(43)44-25-37(7)19-13-20-38(8)29-17-15-27(26(2)3)23-28(29)16-18-30(37)38/h26-32,39H,9-25H2,1-8H3,(H,40,43)(H,41,42). The van der Waals surface area contributed by atoms with Crippen molar-refractivity contribution in [1.82, 2.24) is 10.6 Å². The lowest BCUT2D eigenvalue weighted by Crippen LogP contribution is -2.57. The summed E-state index contributed by atoms with van der Waals surface area (Å²) in [6, 6.07) is -0.170. The van der Waals surface area contributed by atoms with Crippen molar-refractivity contribution in [2.24, 2.45) is 51.2 Å². The van der Waals surface area contributed by atoms with Gasteiger partial charge < -0.3 is 20.5 Å². The molecule has 4 saturated carbocycles. The van der Waals surface area contributed by atoms with Crippen LogP contribution in [0.1, 0.15) is 158 Å². The number of amides is 2. The van der Waals surface area contributed by atoms with Crippen molar-refractivity contribution < 1.29 is 19.4 Å². The summed E-state index contributed by atoms with van der Waals surface area (Å²) in [7, 11) is 0. The van der Waals surface area contributed by atoms with Gasteiger partial charge in [0.2, 0.25) is 0 Å². The summed E-state index contributed by atoms with van der Waals surface area (Å²) in [5.41, 5.74) is 0.0986. The first-order valence-corrected chi connectivity index (χ1v) is 18.6. The van der Waals surface area contributed by atoms with Crippen LogP contribution in [-0.2, 0) is 4.74 Å². The van der Waals surface area contributed by atoms with Crippen LogP contribution in [0.4, 0.5) is 9.59 Å². The maximum absolute atomic E-state index is 13.5. The van der Waals surface area contributed by atoms with Gasteiger partial charge in [0.05, 0.1) is 6.61 Å². The molecule has 0 heterocycles. The van der Waals surface area contributed by atoms with Crippen LogP contribution in [-0.4, -0.2) is 36.0 Å². The van der Waals surface area contributed by atoms with Crippen molar-refractivity contribution >= 4 is 12.2 Å². The van der Waals surface area contributed by atoms with E-state index < -0.39 is 6.09 Å². The van der Waals surface area contributed by atoms with E-state index in [1.165, 1.54) is 51.4 Å². The third-order valence-electron chi connectivity index (χ3n) is 14.0. The second-order valence-corrected chi connectivity index (χ2v) is 17.8.